The predicted octanol–water partition coefficient (Wildman–Crippen LogP) is 3.02. The van der Waals surface area contributed by atoms with Gasteiger partial charge in [0, 0.05) is 38.8 Å². The summed E-state index contributed by atoms with van der Waals surface area (Å²) in [5, 5.41) is 12.8. The Morgan fingerprint density at radius 2 is 1.68 bits per heavy atom. The zero-order valence-electron chi connectivity index (χ0n) is 14.4. The van der Waals surface area contributed by atoms with Crippen LogP contribution in [0.15, 0.2) is 54.6 Å². The van der Waals surface area contributed by atoms with Crippen LogP contribution in [-0.2, 0) is 6.61 Å². The molecule has 1 heterocycles. The van der Waals surface area contributed by atoms with Crippen LogP contribution in [0.4, 0.5) is 0 Å². The minimum absolute atomic E-state index is 0. The summed E-state index contributed by atoms with van der Waals surface area (Å²) in [7, 11) is 0. The molecule has 3 rings (SSSR count). The van der Waals surface area contributed by atoms with Gasteiger partial charge in [-0.3, -0.25) is 4.90 Å². The van der Waals surface area contributed by atoms with Gasteiger partial charge in [0.2, 0.25) is 0 Å². The minimum Gasteiger partial charge on any atom is -0.489 e. The average molecular weight is 363 g/mol. The maximum atomic E-state index is 9.43. The molecule has 136 valence electrons. The van der Waals surface area contributed by atoms with Gasteiger partial charge < -0.3 is 15.2 Å². The standard InChI is InChI=1S/C20H26N2O2.ClH/c23-15-10-20(22-13-11-21-12-14-22)18-6-8-19(9-7-18)24-16-17-4-2-1-3-5-17;/h1-9,20-21,23H,10-16H2;1H/t20-;/m0./s1. The highest BCUT2D eigenvalue weighted by molar-refractivity contribution is 5.85. The van der Waals surface area contributed by atoms with Crippen molar-refractivity contribution in [1.29, 1.82) is 0 Å². The minimum atomic E-state index is 0. The summed E-state index contributed by atoms with van der Waals surface area (Å²) < 4.78 is 5.86. The SMILES string of the molecule is Cl.OCC[C@@H](c1ccc(OCc2ccccc2)cc1)N1CCNCC1. The van der Waals surface area contributed by atoms with Crippen molar-refractivity contribution in [3.63, 3.8) is 0 Å². The van der Waals surface area contributed by atoms with Crippen LogP contribution in [0.5, 0.6) is 5.75 Å². The lowest BCUT2D eigenvalue weighted by atomic mass is 10.0. The zero-order valence-corrected chi connectivity index (χ0v) is 15.3. The van der Waals surface area contributed by atoms with Gasteiger partial charge in [-0.2, -0.15) is 0 Å². The van der Waals surface area contributed by atoms with Gasteiger partial charge >= 0.3 is 0 Å². The van der Waals surface area contributed by atoms with Crippen LogP contribution >= 0.6 is 12.4 Å². The summed E-state index contributed by atoms with van der Waals surface area (Å²) in [5.74, 6) is 0.880. The molecule has 0 saturated carbocycles. The first kappa shape index (κ1) is 19.7. The van der Waals surface area contributed by atoms with E-state index in [-0.39, 0.29) is 25.1 Å². The van der Waals surface area contributed by atoms with Crippen LogP contribution in [-0.4, -0.2) is 42.8 Å². The predicted molar refractivity (Wildman–Crippen MR) is 103 cm³/mol. The van der Waals surface area contributed by atoms with Crippen LogP contribution in [0.3, 0.4) is 0 Å². The molecule has 1 saturated heterocycles. The van der Waals surface area contributed by atoms with Gasteiger partial charge in [-0.05, 0) is 29.7 Å². The molecular formula is C20H27ClN2O2. The van der Waals surface area contributed by atoms with Gasteiger partial charge in [-0.15, -0.1) is 12.4 Å². The Bertz CT molecular complexity index is 601. The topological polar surface area (TPSA) is 44.7 Å². The average Bonchev–Trinajstić information content (AvgIpc) is 2.66. The number of hydrogen-bond donors (Lipinski definition) is 2. The number of aliphatic hydroxyl groups is 1. The fraction of sp³-hybridized carbons (Fsp3) is 0.400. The molecule has 0 aliphatic carbocycles. The number of ether oxygens (including phenoxy) is 1. The first-order valence-corrected chi connectivity index (χ1v) is 8.69. The van der Waals surface area contributed by atoms with Crippen molar-refractivity contribution >= 4 is 12.4 Å². The Labute approximate surface area is 156 Å². The second-order valence-corrected chi connectivity index (χ2v) is 6.16. The van der Waals surface area contributed by atoms with Crippen LogP contribution in [0.1, 0.15) is 23.6 Å². The number of nitrogens with one attached hydrogen (secondary N) is 1. The lowest BCUT2D eigenvalue weighted by molar-refractivity contribution is 0.141. The number of benzene rings is 2. The molecule has 4 nitrogen and oxygen atoms in total. The Hall–Kier alpha value is -1.59. The van der Waals surface area contributed by atoms with Gasteiger partial charge in [-0.25, -0.2) is 0 Å². The molecule has 1 aliphatic heterocycles. The van der Waals surface area contributed by atoms with Crippen molar-refractivity contribution in [1.82, 2.24) is 10.2 Å². The van der Waals surface area contributed by atoms with Gasteiger partial charge in [0.05, 0.1) is 0 Å². The van der Waals surface area contributed by atoms with Crippen molar-refractivity contribution in [3.8, 4) is 5.75 Å². The van der Waals surface area contributed by atoms with Crippen molar-refractivity contribution in [2.24, 2.45) is 0 Å². The summed E-state index contributed by atoms with van der Waals surface area (Å²) in [6.07, 6.45) is 0.768. The lowest BCUT2D eigenvalue weighted by Crippen LogP contribution is -2.45. The van der Waals surface area contributed by atoms with Crippen molar-refractivity contribution in [2.75, 3.05) is 32.8 Å². The number of aliphatic hydroxyl groups excluding tert-OH is 1. The van der Waals surface area contributed by atoms with Crippen LogP contribution in [0.2, 0.25) is 0 Å². The van der Waals surface area contributed by atoms with Gasteiger partial charge in [0.1, 0.15) is 12.4 Å². The van der Waals surface area contributed by atoms with E-state index in [9.17, 15) is 5.11 Å². The van der Waals surface area contributed by atoms with Gasteiger partial charge in [0.15, 0.2) is 0 Å². The molecule has 1 atom stereocenters. The normalized spacial score (nSPS) is 16.0. The number of rotatable bonds is 7. The molecule has 2 aromatic carbocycles. The zero-order chi connectivity index (χ0) is 16.6. The van der Waals surface area contributed by atoms with E-state index in [0.29, 0.717) is 6.61 Å². The number of nitrogens with zero attached hydrogens (tertiary/aromatic N) is 1. The molecular weight excluding hydrogens is 336 g/mol. The summed E-state index contributed by atoms with van der Waals surface area (Å²) in [6, 6.07) is 18.8. The Morgan fingerprint density at radius 3 is 2.32 bits per heavy atom. The maximum Gasteiger partial charge on any atom is 0.119 e. The highest BCUT2D eigenvalue weighted by atomic mass is 35.5. The largest absolute Gasteiger partial charge is 0.489 e. The summed E-state index contributed by atoms with van der Waals surface area (Å²) in [4.78, 5) is 2.45. The summed E-state index contributed by atoms with van der Waals surface area (Å²) in [5.41, 5.74) is 2.42. The monoisotopic (exact) mass is 362 g/mol. The fourth-order valence-electron chi connectivity index (χ4n) is 3.20. The molecule has 0 amide bonds. The maximum absolute atomic E-state index is 9.43. The smallest absolute Gasteiger partial charge is 0.119 e. The Balaban J connectivity index is 0.00000225. The third kappa shape index (κ3) is 5.72. The van der Waals surface area contributed by atoms with Gasteiger partial charge in [0.25, 0.3) is 0 Å². The van der Waals surface area contributed by atoms with E-state index < -0.39 is 0 Å². The second-order valence-electron chi connectivity index (χ2n) is 6.16. The number of piperazine rings is 1. The second kappa shape index (κ2) is 10.4. The highest BCUT2D eigenvalue weighted by Gasteiger charge is 2.21. The molecule has 0 bridgehead atoms. The fourth-order valence-corrected chi connectivity index (χ4v) is 3.20. The lowest BCUT2D eigenvalue weighted by Gasteiger charge is -2.35. The van der Waals surface area contributed by atoms with E-state index in [1.165, 1.54) is 11.1 Å². The molecule has 1 aliphatic rings. The summed E-state index contributed by atoms with van der Waals surface area (Å²) in [6.45, 7) is 4.87. The molecule has 0 unspecified atom stereocenters. The first-order chi connectivity index (χ1) is 11.9. The molecule has 2 aromatic rings. The molecule has 1 fully saturated rings. The first-order valence-electron chi connectivity index (χ1n) is 8.69. The van der Waals surface area contributed by atoms with E-state index in [1.807, 2.05) is 30.3 Å². The van der Waals surface area contributed by atoms with E-state index in [1.54, 1.807) is 0 Å². The third-order valence-electron chi connectivity index (χ3n) is 4.51. The molecule has 0 aromatic heterocycles. The molecule has 25 heavy (non-hydrogen) atoms. The highest BCUT2D eigenvalue weighted by Crippen LogP contribution is 2.26. The number of hydrogen-bond acceptors (Lipinski definition) is 4. The molecule has 0 spiro atoms. The Morgan fingerprint density at radius 1 is 1.00 bits per heavy atom. The van der Waals surface area contributed by atoms with Gasteiger partial charge in [-0.1, -0.05) is 42.5 Å². The van der Waals surface area contributed by atoms with Crippen molar-refractivity contribution in [3.05, 3.63) is 65.7 Å². The molecule has 5 heteroatoms. The van der Waals surface area contributed by atoms with E-state index >= 15 is 0 Å². The van der Waals surface area contributed by atoms with Crippen molar-refractivity contribution in [2.45, 2.75) is 19.1 Å². The van der Waals surface area contributed by atoms with E-state index in [0.717, 1.165) is 38.3 Å². The number of halogens is 1. The van der Waals surface area contributed by atoms with Crippen LogP contribution in [0.25, 0.3) is 0 Å². The van der Waals surface area contributed by atoms with E-state index in [4.69, 9.17) is 4.74 Å². The molecule has 0 radical (unpaired) electrons. The Kier molecular flexibility index (Phi) is 8.22. The quantitative estimate of drug-likeness (QED) is 0.794. The van der Waals surface area contributed by atoms with Crippen molar-refractivity contribution < 1.29 is 9.84 Å². The van der Waals surface area contributed by atoms with Crippen LogP contribution in [0, 0.1) is 0 Å². The van der Waals surface area contributed by atoms with Crippen LogP contribution < -0.4 is 10.1 Å². The summed E-state index contributed by atoms with van der Waals surface area (Å²) >= 11 is 0. The third-order valence-corrected chi connectivity index (χ3v) is 4.51. The van der Waals surface area contributed by atoms with E-state index in [2.05, 4.69) is 34.5 Å². The molecule has 2 N–H and O–H groups in total.